The van der Waals surface area contributed by atoms with Crippen molar-refractivity contribution in [1.29, 1.82) is 0 Å². The molecule has 0 radical (unpaired) electrons. The minimum absolute atomic E-state index is 0.0740. The molecule has 1 saturated heterocycles. The van der Waals surface area contributed by atoms with E-state index in [-0.39, 0.29) is 18.4 Å². The molecule has 0 aliphatic carbocycles. The number of para-hydroxylation sites is 1. The van der Waals surface area contributed by atoms with E-state index in [1.807, 2.05) is 29.2 Å². The molecule has 0 spiro atoms. The summed E-state index contributed by atoms with van der Waals surface area (Å²) in [6.07, 6.45) is 2.12. The zero-order valence-corrected chi connectivity index (χ0v) is 16.1. The molecule has 6 heteroatoms. The van der Waals surface area contributed by atoms with Gasteiger partial charge in [-0.3, -0.25) is 9.59 Å². The number of nitrogens with one attached hydrogen (secondary N) is 2. The maximum Gasteiger partial charge on any atom is 0.253 e. The largest absolute Gasteiger partial charge is 0.376 e. The fourth-order valence-electron chi connectivity index (χ4n) is 3.06. The van der Waals surface area contributed by atoms with Gasteiger partial charge in [0.15, 0.2) is 0 Å². The summed E-state index contributed by atoms with van der Waals surface area (Å²) in [5.41, 5.74) is 2.05. The second-order valence-electron chi connectivity index (χ2n) is 6.93. The molecule has 142 valence electrons. The average Bonchev–Trinajstić information content (AvgIpc) is 2.69. The molecule has 2 N–H and O–H groups in total. The van der Waals surface area contributed by atoms with Crippen molar-refractivity contribution in [1.82, 2.24) is 4.90 Å². The predicted molar refractivity (Wildman–Crippen MR) is 109 cm³/mol. The third-order valence-corrected chi connectivity index (χ3v) is 5.13. The van der Waals surface area contributed by atoms with Crippen LogP contribution in [0, 0.1) is 5.92 Å². The van der Waals surface area contributed by atoms with Crippen molar-refractivity contribution in [3.8, 4) is 0 Å². The van der Waals surface area contributed by atoms with Gasteiger partial charge < -0.3 is 15.5 Å². The van der Waals surface area contributed by atoms with E-state index in [2.05, 4.69) is 17.6 Å². The average molecular weight is 386 g/mol. The van der Waals surface area contributed by atoms with Crippen LogP contribution in [-0.2, 0) is 4.79 Å². The van der Waals surface area contributed by atoms with Crippen molar-refractivity contribution in [2.75, 3.05) is 30.3 Å². The first kappa shape index (κ1) is 19.2. The molecule has 1 fully saturated rings. The fraction of sp³-hybridized carbons (Fsp3) is 0.333. The fourth-order valence-corrected chi connectivity index (χ4v) is 3.25. The van der Waals surface area contributed by atoms with Gasteiger partial charge in [-0.2, -0.15) is 0 Å². The summed E-state index contributed by atoms with van der Waals surface area (Å²) in [6, 6.07) is 14.3. The molecular formula is C21H24ClN3O2. The number of rotatable bonds is 5. The van der Waals surface area contributed by atoms with Crippen LogP contribution in [-0.4, -0.2) is 36.3 Å². The number of piperidine rings is 1. The lowest BCUT2D eigenvalue weighted by Crippen LogP contribution is -2.37. The highest BCUT2D eigenvalue weighted by atomic mass is 35.5. The second kappa shape index (κ2) is 8.91. The number of anilines is 2. The highest BCUT2D eigenvalue weighted by Crippen LogP contribution is 2.21. The monoisotopic (exact) mass is 385 g/mol. The highest BCUT2D eigenvalue weighted by molar-refractivity contribution is 6.33. The number of benzene rings is 2. The van der Waals surface area contributed by atoms with Crippen LogP contribution in [0.1, 0.15) is 30.1 Å². The standard InChI is InChI=1S/C21H24ClN3O2/c1-15-10-12-25(13-11-15)21(27)16-6-8-17(9-7-16)23-14-20(26)24-19-5-3-2-4-18(19)22/h2-9,15,23H,10-14H2,1H3,(H,24,26). The molecule has 2 amide bonds. The lowest BCUT2D eigenvalue weighted by molar-refractivity contribution is -0.114. The Labute approximate surface area is 164 Å². The number of nitrogens with zero attached hydrogens (tertiary/aromatic N) is 1. The Morgan fingerprint density at radius 3 is 2.41 bits per heavy atom. The van der Waals surface area contributed by atoms with Crippen LogP contribution >= 0.6 is 11.6 Å². The van der Waals surface area contributed by atoms with Crippen molar-refractivity contribution < 1.29 is 9.59 Å². The lowest BCUT2D eigenvalue weighted by Gasteiger charge is -2.30. The van der Waals surface area contributed by atoms with Crippen molar-refractivity contribution in [3.05, 3.63) is 59.1 Å². The SMILES string of the molecule is CC1CCN(C(=O)c2ccc(NCC(=O)Nc3ccccc3Cl)cc2)CC1. The maximum absolute atomic E-state index is 12.5. The topological polar surface area (TPSA) is 61.4 Å². The Balaban J connectivity index is 1.51. The quantitative estimate of drug-likeness (QED) is 0.808. The van der Waals surface area contributed by atoms with Crippen LogP contribution in [0.15, 0.2) is 48.5 Å². The number of halogens is 1. The minimum atomic E-state index is -0.189. The van der Waals surface area contributed by atoms with Crippen LogP contribution < -0.4 is 10.6 Å². The summed E-state index contributed by atoms with van der Waals surface area (Å²) in [4.78, 5) is 26.5. The Morgan fingerprint density at radius 2 is 1.74 bits per heavy atom. The lowest BCUT2D eigenvalue weighted by atomic mass is 9.98. The van der Waals surface area contributed by atoms with Crippen molar-refractivity contribution in [3.63, 3.8) is 0 Å². The summed E-state index contributed by atoms with van der Waals surface area (Å²) in [5, 5.41) is 6.32. The number of hydrogen-bond donors (Lipinski definition) is 2. The molecule has 1 heterocycles. The summed E-state index contributed by atoms with van der Waals surface area (Å²) in [6.45, 7) is 3.98. The first-order chi connectivity index (χ1) is 13.0. The van der Waals surface area contributed by atoms with Crippen LogP contribution in [0.3, 0.4) is 0 Å². The zero-order chi connectivity index (χ0) is 19.2. The number of likely N-dealkylation sites (tertiary alicyclic amines) is 1. The van der Waals surface area contributed by atoms with E-state index in [4.69, 9.17) is 11.6 Å². The highest BCUT2D eigenvalue weighted by Gasteiger charge is 2.21. The van der Waals surface area contributed by atoms with Gasteiger partial charge in [-0.05, 0) is 55.2 Å². The summed E-state index contributed by atoms with van der Waals surface area (Å²) < 4.78 is 0. The van der Waals surface area contributed by atoms with Crippen molar-refractivity contribution in [2.24, 2.45) is 5.92 Å². The normalized spacial score (nSPS) is 14.7. The molecule has 27 heavy (non-hydrogen) atoms. The van der Waals surface area contributed by atoms with E-state index in [1.54, 1.807) is 24.3 Å². The van der Waals surface area contributed by atoms with E-state index >= 15 is 0 Å². The molecule has 0 saturated carbocycles. The van der Waals surface area contributed by atoms with Gasteiger partial charge in [-0.15, -0.1) is 0 Å². The third-order valence-electron chi connectivity index (χ3n) is 4.80. The molecule has 2 aromatic carbocycles. The Kier molecular flexibility index (Phi) is 6.35. The predicted octanol–water partition coefficient (Wildman–Crippen LogP) is 4.26. The van der Waals surface area contributed by atoms with Gasteiger partial charge in [0.2, 0.25) is 5.91 Å². The summed E-state index contributed by atoms with van der Waals surface area (Å²) >= 11 is 6.03. The van der Waals surface area contributed by atoms with Crippen LogP contribution in [0.2, 0.25) is 5.02 Å². The summed E-state index contributed by atoms with van der Waals surface area (Å²) in [7, 11) is 0. The summed E-state index contributed by atoms with van der Waals surface area (Å²) in [5.74, 6) is 0.577. The van der Waals surface area contributed by atoms with Gasteiger partial charge in [0.25, 0.3) is 5.91 Å². The number of hydrogen-bond acceptors (Lipinski definition) is 3. The smallest absolute Gasteiger partial charge is 0.253 e. The first-order valence-corrected chi connectivity index (χ1v) is 9.58. The van der Waals surface area contributed by atoms with E-state index in [0.29, 0.717) is 22.2 Å². The Bertz CT molecular complexity index is 799. The number of amides is 2. The molecule has 3 rings (SSSR count). The van der Waals surface area contributed by atoms with E-state index < -0.39 is 0 Å². The molecule has 2 aromatic rings. The molecule has 0 unspecified atom stereocenters. The molecule has 1 aliphatic heterocycles. The zero-order valence-electron chi connectivity index (χ0n) is 15.4. The van der Waals surface area contributed by atoms with Gasteiger partial charge in [-0.1, -0.05) is 30.7 Å². The van der Waals surface area contributed by atoms with Gasteiger partial charge in [0.1, 0.15) is 0 Å². The maximum atomic E-state index is 12.5. The number of carbonyl (C=O) groups is 2. The van der Waals surface area contributed by atoms with Crippen molar-refractivity contribution in [2.45, 2.75) is 19.8 Å². The molecule has 5 nitrogen and oxygen atoms in total. The van der Waals surface area contributed by atoms with Gasteiger partial charge in [0, 0.05) is 24.3 Å². The minimum Gasteiger partial charge on any atom is -0.376 e. The second-order valence-corrected chi connectivity index (χ2v) is 7.34. The molecule has 1 aliphatic rings. The Morgan fingerprint density at radius 1 is 1.07 bits per heavy atom. The molecule has 0 aromatic heterocycles. The molecular weight excluding hydrogens is 362 g/mol. The molecule has 0 bridgehead atoms. The van der Waals surface area contributed by atoms with E-state index in [1.165, 1.54) is 0 Å². The van der Waals surface area contributed by atoms with Crippen molar-refractivity contribution >= 4 is 34.8 Å². The van der Waals surface area contributed by atoms with Gasteiger partial charge >= 0.3 is 0 Å². The number of carbonyl (C=O) groups excluding carboxylic acids is 2. The van der Waals surface area contributed by atoms with E-state index in [9.17, 15) is 9.59 Å². The van der Waals surface area contributed by atoms with Crippen LogP contribution in [0.25, 0.3) is 0 Å². The van der Waals surface area contributed by atoms with Gasteiger partial charge in [0.05, 0.1) is 17.3 Å². The Hall–Kier alpha value is -2.53. The first-order valence-electron chi connectivity index (χ1n) is 9.20. The van der Waals surface area contributed by atoms with Gasteiger partial charge in [-0.25, -0.2) is 0 Å². The third kappa shape index (κ3) is 5.23. The van der Waals surface area contributed by atoms with Crippen LogP contribution in [0.5, 0.6) is 0 Å². The van der Waals surface area contributed by atoms with E-state index in [0.717, 1.165) is 31.6 Å². The molecule has 0 atom stereocenters. The van der Waals surface area contributed by atoms with Crippen LogP contribution in [0.4, 0.5) is 11.4 Å².